The van der Waals surface area contributed by atoms with Crippen molar-refractivity contribution in [1.82, 2.24) is 10.6 Å². The number of aliphatic hydroxyl groups excluding tert-OH is 1. The fraction of sp³-hybridized carbons (Fsp3) is 0.462. The summed E-state index contributed by atoms with van der Waals surface area (Å²) in [6.45, 7) is 2.83. The van der Waals surface area contributed by atoms with E-state index in [2.05, 4.69) is 10.6 Å². The third-order valence-corrected chi connectivity index (χ3v) is 2.51. The van der Waals surface area contributed by atoms with Gasteiger partial charge in [-0.1, -0.05) is 19.1 Å². The van der Waals surface area contributed by atoms with Crippen LogP contribution >= 0.6 is 0 Å². The normalized spacial score (nSPS) is 11.7. The molecule has 0 saturated heterocycles. The molecule has 3 N–H and O–H groups in total. The standard InChI is InChI=1S/C13H20N2O3/c1-10(9-16)7-14-13(17)15-8-11-4-3-5-12(6-11)18-2/h3-6,10,16H,7-9H2,1-2H3,(H2,14,15,17). The number of hydrogen-bond acceptors (Lipinski definition) is 3. The molecule has 1 aromatic carbocycles. The van der Waals surface area contributed by atoms with E-state index in [0.717, 1.165) is 11.3 Å². The van der Waals surface area contributed by atoms with Gasteiger partial charge in [0, 0.05) is 19.7 Å². The average molecular weight is 252 g/mol. The lowest BCUT2D eigenvalue weighted by Crippen LogP contribution is -2.38. The van der Waals surface area contributed by atoms with E-state index in [9.17, 15) is 4.79 Å². The van der Waals surface area contributed by atoms with E-state index < -0.39 is 0 Å². The highest BCUT2D eigenvalue weighted by atomic mass is 16.5. The lowest BCUT2D eigenvalue weighted by atomic mass is 10.2. The van der Waals surface area contributed by atoms with Crippen LogP contribution in [0.4, 0.5) is 4.79 Å². The maximum absolute atomic E-state index is 11.5. The Bertz CT molecular complexity index is 382. The van der Waals surface area contributed by atoms with E-state index in [1.54, 1.807) is 7.11 Å². The molecule has 18 heavy (non-hydrogen) atoms. The van der Waals surface area contributed by atoms with Gasteiger partial charge in [-0.25, -0.2) is 4.79 Å². The van der Waals surface area contributed by atoms with Crippen LogP contribution in [0.15, 0.2) is 24.3 Å². The molecule has 0 spiro atoms. The monoisotopic (exact) mass is 252 g/mol. The van der Waals surface area contributed by atoms with Gasteiger partial charge >= 0.3 is 6.03 Å². The van der Waals surface area contributed by atoms with Crippen molar-refractivity contribution >= 4 is 6.03 Å². The van der Waals surface area contributed by atoms with Crippen molar-refractivity contribution in [2.24, 2.45) is 5.92 Å². The Kier molecular flexibility index (Phi) is 6.00. The first-order chi connectivity index (χ1) is 8.65. The summed E-state index contributed by atoms with van der Waals surface area (Å²) >= 11 is 0. The number of nitrogens with one attached hydrogen (secondary N) is 2. The van der Waals surface area contributed by atoms with Gasteiger partial charge in [0.15, 0.2) is 0 Å². The van der Waals surface area contributed by atoms with Crippen LogP contribution in [0.1, 0.15) is 12.5 Å². The second kappa shape index (κ2) is 7.55. The molecule has 0 aliphatic heterocycles. The lowest BCUT2D eigenvalue weighted by molar-refractivity contribution is 0.222. The SMILES string of the molecule is COc1cccc(CNC(=O)NCC(C)CO)c1. The van der Waals surface area contributed by atoms with Crippen molar-refractivity contribution in [3.8, 4) is 5.75 Å². The van der Waals surface area contributed by atoms with Crippen LogP contribution in [-0.4, -0.2) is 31.4 Å². The first-order valence-corrected chi connectivity index (χ1v) is 5.91. The Morgan fingerprint density at radius 2 is 2.22 bits per heavy atom. The third-order valence-electron chi connectivity index (χ3n) is 2.51. The van der Waals surface area contributed by atoms with Crippen molar-refractivity contribution in [3.05, 3.63) is 29.8 Å². The molecule has 0 heterocycles. The highest BCUT2D eigenvalue weighted by Gasteiger charge is 2.04. The summed E-state index contributed by atoms with van der Waals surface area (Å²) in [5, 5.41) is 14.3. The molecule has 1 atom stereocenters. The predicted molar refractivity (Wildman–Crippen MR) is 69.5 cm³/mol. The molecular weight excluding hydrogens is 232 g/mol. The van der Waals surface area contributed by atoms with Gasteiger partial charge in [0.05, 0.1) is 7.11 Å². The van der Waals surface area contributed by atoms with Crippen LogP contribution in [0.2, 0.25) is 0 Å². The number of hydrogen-bond donors (Lipinski definition) is 3. The highest BCUT2D eigenvalue weighted by Crippen LogP contribution is 2.11. The molecule has 0 aliphatic rings. The molecule has 5 nitrogen and oxygen atoms in total. The molecule has 1 unspecified atom stereocenters. The maximum atomic E-state index is 11.5. The summed E-state index contributed by atoms with van der Waals surface area (Å²) in [6.07, 6.45) is 0. The van der Waals surface area contributed by atoms with Gasteiger partial charge in [-0.05, 0) is 23.6 Å². The number of carbonyl (C=O) groups is 1. The average Bonchev–Trinajstić information content (AvgIpc) is 2.42. The Balaban J connectivity index is 2.33. The quantitative estimate of drug-likeness (QED) is 0.710. The van der Waals surface area contributed by atoms with E-state index in [4.69, 9.17) is 9.84 Å². The zero-order valence-electron chi connectivity index (χ0n) is 10.8. The molecule has 1 rings (SSSR count). The van der Waals surface area contributed by atoms with Gasteiger partial charge in [-0.2, -0.15) is 0 Å². The van der Waals surface area contributed by atoms with Gasteiger partial charge in [0.1, 0.15) is 5.75 Å². The number of aliphatic hydroxyl groups is 1. The van der Waals surface area contributed by atoms with E-state index >= 15 is 0 Å². The number of ether oxygens (including phenoxy) is 1. The molecule has 2 amide bonds. The van der Waals surface area contributed by atoms with E-state index in [0.29, 0.717) is 13.1 Å². The van der Waals surface area contributed by atoms with Gasteiger partial charge < -0.3 is 20.5 Å². The predicted octanol–water partition coefficient (Wildman–Crippen LogP) is 1.12. The van der Waals surface area contributed by atoms with Crippen LogP contribution in [0.5, 0.6) is 5.75 Å². The Morgan fingerprint density at radius 1 is 1.44 bits per heavy atom. The van der Waals surface area contributed by atoms with E-state index in [1.165, 1.54) is 0 Å². The van der Waals surface area contributed by atoms with Crippen LogP contribution in [0.3, 0.4) is 0 Å². The summed E-state index contributed by atoms with van der Waals surface area (Å²) in [7, 11) is 1.61. The largest absolute Gasteiger partial charge is 0.497 e. The van der Waals surface area contributed by atoms with E-state index in [1.807, 2.05) is 31.2 Å². The fourth-order valence-corrected chi connectivity index (χ4v) is 1.36. The number of carbonyl (C=O) groups excluding carboxylic acids is 1. The second-order valence-electron chi connectivity index (χ2n) is 4.20. The number of benzene rings is 1. The smallest absolute Gasteiger partial charge is 0.315 e. The van der Waals surface area contributed by atoms with Crippen molar-refractivity contribution < 1.29 is 14.6 Å². The van der Waals surface area contributed by atoms with Gasteiger partial charge in [0.25, 0.3) is 0 Å². The van der Waals surface area contributed by atoms with Crippen molar-refractivity contribution in [3.63, 3.8) is 0 Å². The molecule has 0 radical (unpaired) electrons. The molecule has 0 aliphatic carbocycles. The van der Waals surface area contributed by atoms with Crippen LogP contribution in [-0.2, 0) is 6.54 Å². The zero-order chi connectivity index (χ0) is 13.4. The topological polar surface area (TPSA) is 70.6 Å². The summed E-state index contributed by atoms with van der Waals surface area (Å²) in [6, 6.07) is 7.28. The molecule has 100 valence electrons. The molecule has 5 heteroatoms. The summed E-state index contributed by atoms with van der Waals surface area (Å²) in [5.41, 5.74) is 0.972. The molecular formula is C13H20N2O3. The minimum Gasteiger partial charge on any atom is -0.497 e. The van der Waals surface area contributed by atoms with Gasteiger partial charge in [-0.3, -0.25) is 0 Å². The first kappa shape index (κ1) is 14.3. The van der Waals surface area contributed by atoms with Gasteiger partial charge in [0.2, 0.25) is 0 Å². The Labute approximate surface area is 107 Å². The van der Waals surface area contributed by atoms with Crippen LogP contribution < -0.4 is 15.4 Å². The number of amides is 2. The minimum absolute atomic E-state index is 0.0626. The summed E-state index contributed by atoms with van der Waals surface area (Å²) in [4.78, 5) is 11.5. The van der Waals surface area contributed by atoms with Crippen molar-refractivity contribution in [2.75, 3.05) is 20.3 Å². The molecule has 0 bridgehead atoms. The summed E-state index contributed by atoms with van der Waals surface area (Å²) in [5.74, 6) is 0.830. The second-order valence-corrected chi connectivity index (χ2v) is 4.20. The number of methoxy groups -OCH3 is 1. The molecule has 0 aromatic heterocycles. The highest BCUT2D eigenvalue weighted by molar-refractivity contribution is 5.73. The minimum atomic E-state index is -0.238. The molecule has 0 fully saturated rings. The Hall–Kier alpha value is -1.75. The maximum Gasteiger partial charge on any atom is 0.315 e. The first-order valence-electron chi connectivity index (χ1n) is 5.91. The van der Waals surface area contributed by atoms with Crippen molar-refractivity contribution in [1.29, 1.82) is 0 Å². The molecule has 0 saturated carbocycles. The fourth-order valence-electron chi connectivity index (χ4n) is 1.36. The number of urea groups is 1. The molecule has 1 aromatic rings. The zero-order valence-corrected chi connectivity index (χ0v) is 10.8. The van der Waals surface area contributed by atoms with Crippen molar-refractivity contribution in [2.45, 2.75) is 13.5 Å². The van der Waals surface area contributed by atoms with Gasteiger partial charge in [-0.15, -0.1) is 0 Å². The van der Waals surface area contributed by atoms with Crippen LogP contribution in [0, 0.1) is 5.92 Å². The lowest BCUT2D eigenvalue weighted by Gasteiger charge is -2.11. The number of rotatable bonds is 6. The third kappa shape index (κ3) is 5.05. The van der Waals surface area contributed by atoms with Crippen LogP contribution in [0.25, 0.3) is 0 Å². The Morgan fingerprint density at radius 3 is 2.89 bits per heavy atom. The van der Waals surface area contributed by atoms with E-state index in [-0.39, 0.29) is 18.6 Å². The summed E-state index contributed by atoms with van der Waals surface area (Å²) < 4.78 is 5.10.